The number of hydrogen-bond donors (Lipinski definition) is 3. The minimum atomic E-state index is -1.14. The fourth-order valence-electron chi connectivity index (χ4n) is 1.88. The van der Waals surface area contributed by atoms with E-state index in [1.165, 1.54) is 18.2 Å². The molecule has 0 spiro atoms. The van der Waals surface area contributed by atoms with E-state index in [1.54, 1.807) is 0 Å². The zero-order chi connectivity index (χ0) is 13.8. The van der Waals surface area contributed by atoms with Gasteiger partial charge in [0, 0.05) is 11.1 Å². The monoisotopic (exact) mass is 280 g/mol. The largest absolute Gasteiger partial charge is 0.478 e. The maximum Gasteiger partial charge on any atom is 0.337 e. The van der Waals surface area contributed by atoms with Crippen LogP contribution in [0.25, 0.3) is 0 Å². The lowest BCUT2D eigenvalue weighted by Crippen LogP contribution is -2.36. The molecule has 6 heteroatoms. The number of halogens is 1. The molecule has 1 aliphatic carbocycles. The quantitative estimate of drug-likeness (QED) is 0.745. The van der Waals surface area contributed by atoms with Crippen LogP contribution in [0.4, 0.5) is 10.5 Å². The van der Waals surface area contributed by atoms with Gasteiger partial charge >= 0.3 is 12.0 Å². The Labute approximate surface area is 115 Å². The summed E-state index contributed by atoms with van der Waals surface area (Å²) in [5, 5.41) is 14.7. The lowest BCUT2D eigenvalue weighted by molar-refractivity contribution is 0.0698. The predicted octanol–water partition coefficient (Wildman–Crippen LogP) is 2.88. The number of carboxylic acid groups (broad SMARTS) is 1. The summed E-state index contributed by atoms with van der Waals surface area (Å²) in [7, 11) is 0. The molecule has 0 saturated carbocycles. The van der Waals surface area contributed by atoms with Gasteiger partial charge in [0.15, 0.2) is 0 Å². The van der Waals surface area contributed by atoms with E-state index in [1.807, 2.05) is 12.2 Å². The van der Waals surface area contributed by atoms with Crippen LogP contribution < -0.4 is 10.6 Å². The van der Waals surface area contributed by atoms with Crippen molar-refractivity contribution in [2.45, 2.75) is 18.9 Å². The second kappa shape index (κ2) is 5.75. The highest BCUT2D eigenvalue weighted by molar-refractivity contribution is 6.31. The molecule has 1 aromatic rings. The van der Waals surface area contributed by atoms with Crippen LogP contribution in [0, 0.1) is 0 Å². The van der Waals surface area contributed by atoms with Gasteiger partial charge in [-0.1, -0.05) is 23.8 Å². The lowest BCUT2D eigenvalue weighted by atomic mass is 10.2. The fourth-order valence-corrected chi connectivity index (χ4v) is 2.05. The zero-order valence-electron chi connectivity index (χ0n) is 10.0. The van der Waals surface area contributed by atoms with Gasteiger partial charge in [0.05, 0.1) is 11.3 Å². The summed E-state index contributed by atoms with van der Waals surface area (Å²) in [6, 6.07) is 3.95. The molecule has 0 saturated heterocycles. The van der Waals surface area contributed by atoms with Crippen molar-refractivity contribution >= 4 is 29.3 Å². The number of aromatic carboxylic acids is 1. The summed E-state index contributed by atoms with van der Waals surface area (Å²) in [5.74, 6) is -1.14. The number of rotatable bonds is 3. The molecular weight excluding hydrogens is 268 g/mol. The highest BCUT2D eigenvalue weighted by Crippen LogP contribution is 2.21. The van der Waals surface area contributed by atoms with Crippen molar-refractivity contribution in [3.8, 4) is 0 Å². The van der Waals surface area contributed by atoms with Crippen molar-refractivity contribution in [1.29, 1.82) is 0 Å². The van der Waals surface area contributed by atoms with Crippen molar-refractivity contribution in [3.05, 3.63) is 40.9 Å². The van der Waals surface area contributed by atoms with Gasteiger partial charge in [0.2, 0.25) is 0 Å². The molecule has 0 aromatic heterocycles. The third-order valence-corrected chi connectivity index (χ3v) is 3.04. The Bertz CT molecular complexity index is 535. The summed E-state index contributed by atoms with van der Waals surface area (Å²) in [5.41, 5.74) is 0.188. The second-order valence-electron chi connectivity index (χ2n) is 4.23. The summed E-state index contributed by atoms with van der Waals surface area (Å²) >= 11 is 5.74. The summed E-state index contributed by atoms with van der Waals surface area (Å²) in [6.45, 7) is 0. The van der Waals surface area contributed by atoms with E-state index in [9.17, 15) is 9.59 Å². The van der Waals surface area contributed by atoms with E-state index < -0.39 is 12.0 Å². The van der Waals surface area contributed by atoms with Crippen molar-refractivity contribution in [2.24, 2.45) is 0 Å². The van der Waals surface area contributed by atoms with Gasteiger partial charge in [-0.05, 0) is 31.0 Å². The molecule has 0 heterocycles. The van der Waals surface area contributed by atoms with Crippen molar-refractivity contribution in [3.63, 3.8) is 0 Å². The number of carbonyl (C=O) groups excluding carboxylic acids is 1. The maximum absolute atomic E-state index is 11.8. The first-order valence-electron chi connectivity index (χ1n) is 5.81. The van der Waals surface area contributed by atoms with Gasteiger partial charge in [0.25, 0.3) is 0 Å². The van der Waals surface area contributed by atoms with Gasteiger partial charge in [-0.2, -0.15) is 0 Å². The highest BCUT2D eigenvalue weighted by atomic mass is 35.5. The number of urea groups is 1. The van der Waals surface area contributed by atoms with Gasteiger partial charge < -0.3 is 15.7 Å². The second-order valence-corrected chi connectivity index (χ2v) is 4.67. The minimum Gasteiger partial charge on any atom is -0.478 e. The number of carboxylic acids is 1. The number of carbonyl (C=O) groups is 2. The van der Waals surface area contributed by atoms with Crippen LogP contribution in [0.5, 0.6) is 0 Å². The van der Waals surface area contributed by atoms with E-state index in [0.717, 1.165) is 12.8 Å². The zero-order valence-corrected chi connectivity index (χ0v) is 10.8. The molecular formula is C13H13ClN2O3. The normalized spacial score (nSPS) is 14.4. The van der Waals surface area contributed by atoms with E-state index >= 15 is 0 Å². The number of anilines is 1. The number of amides is 2. The Morgan fingerprint density at radius 3 is 2.58 bits per heavy atom. The molecule has 0 fully saturated rings. The summed E-state index contributed by atoms with van der Waals surface area (Å²) in [4.78, 5) is 22.8. The van der Waals surface area contributed by atoms with Crippen LogP contribution >= 0.6 is 11.6 Å². The molecule has 5 nitrogen and oxygen atoms in total. The maximum atomic E-state index is 11.8. The molecule has 1 aromatic carbocycles. The van der Waals surface area contributed by atoms with Crippen LogP contribution in [-0.4, -0.2) is 23.1 Å². The average molecular weight is 281 g/mol. The standard InChI is InChI=1S/C13H13ClN2O3/c14-8-5-6-11(10(7-8)12(17)18)16-13(19)15-9-3-1-2-4-9/h1-2,5-7,9H,3-4H2,(H,17,18)(H2,15,16,19). The molecule has 2 rings (SSSR count). The molecule has 19 heavy (non-hydrogen) atoms. The number of benzene rings is 1. The SMILES string of the molecule is O=C(Nc1ccc(Cl)cc1C(=O)O)NC1CC=CC1. The summed E-state index contributed by atoms with van der Waals surface area (Å²) < 4.78 is 0. The molecule has 100 valence electrons. The smallest absolute Gasteiger partial charge is 0.337 e. The third-order valence-electron chi connectivity index (χ3n) is 2.80. The molecule has 0 bridgehead atoms. The van der Waals surface area contributed by atoms with E-state index in [-0.39, 0.29) is 17.3 Å². The Hall–Kier alpha value is -2.01. The summed E-state index contributed by atoms with van der Waals surface area (Å²) in [6.07, 6.45) is 5.57. The molecule has 0 radical (unpaired) electrons. The Morgan fingerprint density at radius 1 is 1.26 bits per heavy atom. The average Bonchev–Trinajstić information content (AvgIpc) is 2.83. The Kier molecular flexibility index (Phi) is 4.06. The molecule has 3 N–H and O–H groups in total. The Balaban J connectivity index is 2.05. The minimum absolute atomic E-state index is 0.0350. The van der Waals surface area contributed by atoms with Gasteiger partial charge in [-0.3, -0.25) is 0 Å². The van der Waals surface area contributed by atoms with Gasteiger partial charge in [-0.15, -0.1) is 0 Å². The van der Waals surface area contributed by atoms with E-state index in [4.69, 9.17) is 16.7 Å². The van der Waals surface area contributed by atoms with Crippen LogP contribution in [0.15, 0.2) is 30.4 Å². The van der Waals surface area contributed by atoms with Crippen LogP contribution in [0.2, 0.25) is 5.02 Å². The molecule has 0 atom stereocenters. The van der Waals surface area contributed by atoms with E-state index in [2.05, 4.69) is 10.6 Å². The van der Waals surface area contributed by atoms with Gasteiger partial charge in [0.1, 0.15) is 0 Å². The molecule has 0 aliphatic heterocycles. The highest BCUT2D eigenvalue weighted by Gasteiger charge is 2.16. The molecule has 2 amide bonds. The first-order valence-corrected chi connectivity index (χ1v) is 6.19. The Morgan fingerprint density at radius 2 is 1.95 bits per heavy atom. The number of nitrogens with one attached hydrogen (secondary N) is 2. The number of hydrogen-bond acceptors (Lipinski definition) is 2. The van der Waals surface area contributed by atoms with Crippen LogP contribution in [0.1, 0.15) is 23.2 Å². The lowest BCUT2D eigenvalue weighted by Gasteiger charge is -2.14. The van der Waals surface area contributed by atoms with Crippen LogP contribution in [-0.2, 0) is 0 Å². The fraction of sp³-hybridized carbons (Fsp3) is 0.231. The molecule has 0 unspecified atom stereocenters. The third kappa shape index (κ3) is 3.48. The van der Waals surface area contributed by atoms with E-state index in [0.29, 0.717) is 5.02 Å². The molecule has 1 aliphatic rings. The predicted molar refractivity (Wildman–Crippen MR) is 72.7 cm³/mol. The first kappa shape index (κ1) is 13.4. The topological polar surface area (TPSA) is 78.4 Å². The van der Waals surface area contributed by atoms with Gasteiger partial charge in [-0.25, -0.2) is 9.59 Å². The van der Waals surface area contributed by atoms with Crippen molar-refractivity contribution in [2.75, 3.05) is 5.32 Å². The van der Waals surface area contributed by atoms with Crippen LogP contribution in [0.3, 0.4) is 0 Å². The first-order chi connectivity index (χ1) is 9.06. The van der Waals surface area contributed by atoms with Crippen molar-refractivity contribution in [1.82, 2.24) is 5.32 Å². The van der Waals surface area contributed by atoms with Crippen molar-refractivity contribution < 1.29 is 14.7 Å².